The fourth-order valence-corrected chi connectivity index (χ4v) is 6.41. The first kappa shape index (κ1) is 24.7. The third-order valence-corrected chi connectivity index (χ3v) is 8.12. The number of hydrogen-bond acceptors (Lipinski definition) is 5. The molecule has 6 atom stereocenters. The number of para-hydroxylation sites is 1. The largest absolute Gasteiger partial charge is 0.394 e. The van der Waals surface area contributed by atoms with Crippen LogP contribution >= 0.6 is 11.6 Å². The van der Waals surface area contributed by atoms with E-state index in [-0.39, 0.29) is 18.4 Å². The Hall–Kier alpha value is -2.94. The Morgan fingerprint density at radius 1 is 1.19 bits per heavy atom. The summed E-state index contributed by atoms with van der Waals surface area (Å²) < 4.78 is 6.40. The topological polar surface area (TPSA) is 108 Å². The molecule has 0 radical (unpaired) electrons. The van der Waals surface area contributed by atoms with Crippen LogP contribution in [0.25, 0.3) is 0 Å². The van der Waals surface area contributed by atoms with Crippen LogP contribution in [0.2, 0.25) is 5.02 Å². The number of carbonyl (C=O) groups is 3. The maximum absolute atomic E-state index is 13.8. The first-order chi connectivity index (χ1) is 17.3. The van der Waals surface area contributed by atoms with E-state index in [1.54, 1.807) is 19.1 Å². The van der Waals surface area contributed by atoms with Crippen molar-refractivity contribution in [1.82, 2.24) is 10.2 Å². The molecular formula is C27H30ClN3O5. The molecule has 3 N–H and O–H groups in total. The van der Waals surface area contributed by atoms with Crippen molar-refractivity contribution in [2.75, 3.05) is 11.9 Å². The molecular weight excluding hydrogens is 482 g/mol. The molecule has 190 valence electrons. The lowest BCUT2D eigenvalue weighted by Gasteiger charge is -2.35. The van der Waals surface area contributed by atoms with Gasteiger partial charge in [0.2, 0.25) is 17.7 Å². The highest BCUT2D eigenvalue weighted by Gasteiger charge is 2.74. The quantitative estimate of drug-likeness (QED) is 0.529. The average Bonchev–Trinajstić information content (AvgIpc) is 3.52. The number of amides is 3. The van der Waals surface area contributed by atoms with Crippen LogP contribution in [0.3, 0.4) is 0 Å². The Bertz CT molecular complexity index is 1170. The molecule has 0 aliphatic carbocycles. The standard InChI is InChI=1S/C27H30ClN3O5/c1-15-7-6-10-18(28)22(15)30-25(34)23-27-12-11-19(36-27)20(21(27)26(35)31(23)16(2)14-32)24(33)29-13-17-8-4-3-5-9-17/h3-10,16,19-21,23,32H,11-14H2,1-2H3,(H,29,33)(H,30,34)/t16-,19+,20-,21+,23?,27?/m1/s1. The molecule has 2 bridgehead atoms. The zero-order chi connectivity index (χ0) is 25.6. The van der Waals surface area contributed by atoms with E-state index in [0.29, 0.717) is 30.1 Å². The summed E-state index contributed by atoms with van der Waals surface area (Å²) >= 11 is 6.35. The van der Waals surface area contributed by atoms with E-state index in [2.05, 4.69) is 10.6 Å². The summed E-state index contributed by atoms with van der Waals surface area (Å²) in [4.78, 5) is 42.4. The fourth-order valence-electron chi connectivity index (χ4n) is 6.14. The molecule has 3 heterocycles. The molecule has 5 rings (SSSR count). The number of rotatable bonds is 7. The van der Waals surface area contributed by atoms with E-state index >= 15 is 0 Å². The molecule has 3 aliphatic rings. The van der Waals surface area contributed by atoms with Gasteiger partial charge in [0.15, 0.2) is 0 Å². The molecule has 1 spiro atoms. The van der Waals surface area contributed by atoms with Gasteiger partial charge < -0.3 is 25.4 Å². The molecule has 2 aromatic rings. The number of carbonyl (C=O) groups excluding carboxylic acids is 3. The number of benzene rings is 2. The first-order valence-corrected chi connectivity index (χ1v) is 12.6. The second kappa shape index (κ2) is 9.50. The molecule has 9 heteroatoms. The molecule has 36 heavy (non-hydrogen) atoms. The third-order valence-electron chi connectivity index (χ3n) is 7.81. The van der Waals surface area contributed by atoms with Crippen LogP contribution in [-0.2, 0) is 25.7 Å². The van der Waals surface area contributed by atoms with Crippen LogP contribution < -0.4 is 10.6 Å². The Balaban J connectivity index is 1.45. The normalized spacial score (nSPS) is 29.2. The van der Waals surface area contributed by atoms with Gasteiger partial charge in [-0.1, -0.05) is 54.1 Å². The van der Waals surface area contributed by atoms with Gasteiger partial charge in [-0.05, 0) is 43.9 Å². The molecule has 0 saturated carbocycles. The number of anilines is 1. The van der Waals surface area contributed by atoms with Crippen molar-refractivity contribution >= 4 is 35.0 Å². The van der Waals surface area contributed by atoms with Crippen LogP contribution in [0.4, 0.5) is 5.69 Å². The van der Waals surface area contributed by atoms with Crippen molar-refractivity contribution in [1.29, 1.82) is 0 Å². The number of hydrogen-bond donors (Lipinski definition) is 3. The van der Waals surface area contributed by atoms with E-state index in [0.717, 1.165) is 11.1 Å². The van der Waals surface area contributed by atoms with Crippen molar-refractivity contribution in [2.45, 2.75) is 57.0 Å². The van der Waals surface area contributed by atoms with Crippen LogP contribution in [0.15, 0.2) is 48.5 Å². The predicted octanol–water partition coefficient (Wildman–Crippen LogP) is 2.66. The van der Waals surface area contributed by atoms with Gasteiger partial charge in [-0.15, -0.1) is 0 Å². The first-order valence-electron chi connectivity index (χ1n) is 12.3. The van der Waals surface area contributed by atoms with Crippen molar-refractivity contribution < 1.29 is 24.2 Å². The Morgan fingerprint density at radius 3 is 2.64 bits per heavy atom. The summed E-state index contributed by atoms with van der Waals surface area (Å²) in [5.74, 6) is -2.54. The minimum absolute atomic E-state index is 0.261. The van der Waals surface area contributed by atoms with Gasteiger partial charge >= 0.3 is 0 Å². The van der Waals surface area contributed by atoms with E-state index in [1.165, 1.54) is 4.90 Å². The lowest BCUT2D eigenvalue weighted by atomic mass is 9.70. The molecule has 3 aliphatic heterocycles. The van der Waals surface area contributed by atoms with E-state index in [1.807, 2.05) is 43.3 Å². The molecule has 2 aromatic carbocycles. The van der Waals surface area contributed by atoms with Crippen LogP contribution in [-0.4, -0.2) is 58.1 Å². The Morgan fingerprint density at radius 2 is 1.94 bits per heavy atom. The number of aliphatic hydroxyl groups excluding tert-OH is 1. The van der Waals surface area contributed by atoms with Gasteiger partial charge in [0.05, 0.1) is 41.3 Å². The smallest absolute Gasteiger partial charge is 0.250 e. The summed E-state index contributed by atoms with van der Waals surface area (Å²) in [6.45, 7) is 3.54. The van der Waals surface area contributed by atoms with Crippen LogP contribution in [0.1, 0.15) is 30.9 Å². The zero-order valence-corrected chi connectivity index (χ0v) is 21.0. The molecule has 3 amide bonds. The number of aryl methyl sites for hydroxylation is 1. The van der Waals surface area contributed by atoms with E-state index < -0.39 is 41.5 Å². The van der Waals surface area contributed by atoms with Crippen molar-refractivity contribution in [2.24, 2.45) is 11.8 Å². The summed E-state index contributed by atoms with van der Waals surface area (Å²) in [5.41, 5.74) is 1.06. The maximum atomic E-state index is 13.8. The molecule has 3 saturated heterocycles. The number of likely N-dealkylation sites (tertiary alicyclic amines) is 1. The summed E-state index contributed by atoms with van der Waals surface area (Å²) in [6.07, 6.45) is 0.604. The number of nitrogens with zero attached hydrogens (tertiary/aromatic N) is 1. The van der Waals surface area contributed by atoms with E-state index in [4.69, 9.17) is 16.3 Å². The second-order valence-corrected chi connectivity index (χ2v) is 10.4. The lowest BCUT2D eigenvalue weighted by molar-refractivity contribution is -0.143. The molecule has 8 nitrogen and oxygen atoms in total. The van der Waals surface area contributed by atoms with Crippen molar-refractivity contribution in [3.63, 3.8) is 0 Å². The number of aliphatic hydroxyl groups is 1. The zero-order valence-electron chi connectivity index (χ0n) is 20.2. The minimum atomic E-state index is -1.14. The Kier molecular flexibility index (Phi) is 6.53. The summed E-state index contributed by atoms with van der Waals surface area (Å²) in [5, 5.41) is 16.2. The average molecular weight is 512 g/mol. The number of fused-ring (bicyclic) bond motifs is 1. The number of halogens is 1. The molecule has 0 aromatic heterocycles. The lowest BCUT2D eigenvalue weighted by Crippen LogP contribution is -2.55. The second-order valence-electron chi connectivity index (χ2n) is 9.96. The maximum Gasteiger partial charge on any atom is 0.250 e. The highest BCUT2D eigenvalue weighted by molar-refractivity contribution is 6.34. The van der Waals surface area contributed by atoms with E-state index in [9.17, 15) is 19.5 Å². The van der Waals surface area contributed by atoms with Crippen molar-refractivity contribution in [3.05, 3.63) is 64.7 Å². The SMILES string of the molecule is Cc1cccc(Cl)c1NC(=O)C1N([C@H](C)CO)C(=O)[C@@H]2[C@H](C(=O)NCc3ccccc3)[C@@H]3CCC12O3. The minimum Gasteiger partial charge on any atom is -0.394 e. The van der Waals surface area contributed by atoms with Gasteiger partial charge in [0, 0.05) is 6.54 Å². The highest BCUT2D eigenvalue weighted by Crippen LogP contribution is 2.58. The van der Waals surface area contributed by atoms with Gasteiger partial charge in [-0.25, -0.2) is 0 Å². The van der Waals surface area contributed by atoms with Crippen LogP contribution in [0, 0.1) is 18.8 Å². The van der Waals surface area contributed by atoms with Gasteiger partial charge in [-0.3, -0.25) is 14.4 Å². The van der Waals surface area contributed by atoms with Gasteiger partial charge in [0.25, 0.3) is 0 Å². The summed E-state index contributed by atoms with van der Waals surface area (Å²) in [6, 6.07) is 13.2. The van der Waals surface area contributed by atoms with Crippen LogP contribution in [0.5, 0.6) is 0 Å². The number of nitrogens with one attached hydrogen (secondary N) is 2. The molecule has 2 unspecified atom stereocenters. The third kappa shape index (κ3) is 3.88. The fraction of sp³-hybridized carbons (Fsp3) is 0.444. The number of ether oxygens (including phenoxy) is 1. The predicted molar refractivity (Wildman–Crippen MR) is 134 cm³/mol. The van der Waals surface area contributed by atoms with Gasteiger partial charge in [0.1, 0.15) is 11.6 Å². The molecule has 3 fully saturated rings. The highest BCUT2D eigenvalue weighted by atomic mass is 35.5. The Labute approximate surface area is 215 Å². The van der Waals surface area contributed by atoms with Gasteiger partial charge in [-0.2, -0.15) is 0 Å². The van der Waals surface area contributed by atoms with Crippen molar-refractivity contribution in [3.8, 4) is 0 Å². The monoisotopic (exact) mass is 511 g/mol. The summed E-state index contributed by atoms with van der Waals surface area (Å²) in [7, 11) is 0.